The van der Waals surface area contributed by atoms with Crippen LogP contribution >= 0.6 is 0 Å². The first kappa shape index (κ1) is 17.8. The van der Waals surface area contributed by atoms with E-state index in [1.165, 1.54) is 6.07 Å². The maximum atomic E-state index is 12.6. The van der Waals surface area contributed by atoms with Crippen molar-refractivity contribution in [3.05, 3.63) is 65.0 Å². The number of carbonyl (C=O) groups is 2. The number of hydrogen-bond donors (Lipinski definition) is 1. The van der Waals surface area contributed by atoms with Crippen LogP contribution in [0.15, 0.2) is 63.8 Å². The van der Waals surface area contributed by atoms with Crippen LogP contribution in [-0.2, 0) is 9.59 Å². The highest BCUT2D eigenvalue weighted by Gasteiger charge is 2.35. The lowest BCUT2D eigenvalue weighted by molar-refractivity contribution is -0.122. The van der Waals surface area contributed by atoms with Gasteiger partial charge in [-0.05, 0) is 48.5 Å². The third-order valence-corrected chi connectivity index (χ3v) is 4.77. The monoisotopic (exact) mass is 378 g/mol. The zero-order valence-corrected chi connectivity index (χ0v) is 15.2. The number of benzene rings is 2. The first-order valence-corrected chi connectivity index (χ1v) is 8.83. The Balaban J connectivity index is 1.47. The van der Waals surface area contributed by atoms with E-state index in [9.17, 15) is 14.4 Å². The fraction of sp³-hybridized carbons (Fsp3) is 0.190. The van der Waals surface area contributed by atoms with Crippen molar-refractivity contribution in [2.45, 2.75) is 6.42 Å². The molecule has 0 saturated carbocycles. The molecule has 1 saturated heterocycles. The van der Waals surface area contributed by atoms with Crippen molar-refractivity contribution in [3.63, 3.8) is 0 Å². The molecule has 2 amide bonds. The van der Waals surface area contributed by atoms with Crippen LogP contribution in [-0.4, -0.2) is 25.5 Å². The summed E-state index contributed by atoms with van der Waals surface area (Å²) in [5.74, 6) is -0.0532. The first-order valence-electron chi connectivity index (χ1n) is 8.83. The number of rotatable bonds is 4. The third kappa shape index (κ3) is 3.46. The molecule has 1 aliphatic rings. The molecular formula is C21H18N2O5. The molecule has 0 radical (unpaired) electrons. The molecule has 1 unspecified atom stereocenters. The summed E-state index contributed by atoms with van der Waals surface area (Å²) in [7, 11) is 1.58. The van der Waals surface area contributed by atoms with E-state index in [1.807, 2.05) is 0 Å². The Kier molecular flexibility index (Phi) is 4.57. The SMILES string of the molecule is COc1ccc(N2CC(C(=O)Nc3ccc4oc(=O)ccc4c3)CC2=O)cc1. The van der Waals surface area contributed by atoms with E-state index in [0.29, 0.717) is 29.0 Å². The second-order valence-electron chi connectivity index (χ2n) is 6.60. The number of fused-ring (bicyclic) bond motifs is 1. The summed E-state index contributed by atoms with van der Waals surface area (Å²) in [6, 6.07) is 15.2. The van der Waals surface area contributed by atoms with Crippen LogP contribution in [0.4, 0.5) is 11.4 Å². The van der Waals surface area contributed by atoms with E-state index in [2.05, 4.69) is 5.32 Å². The molecule has 7 nitrogen and oxygen atoms in total. The Morgan fingerprint density at radius 2 is 1.89 bits per heavy atom. The van der Waals surface area contributed by atoms with Crippen LogP contribution in [0.5, 0.6) is 5.75 Å². The highest BCUT2D eigenvalue weighted by atomic mass is 16.5. The van der Waals surface area contributed by atoms with Crippen LogP contribution in [0, 0.1) is 5.92 Å². The number of ether oxygens (including phenoxy) is 1. The molecule has 142 valence electrons. The van der Waals surface area contributed by atoms with E-state index >= 15 is 0 Å². The Hall–Kier alpha value is -3.61. The van der Waals surface area contributed by atoms with E-state index in [-0.39, 0.29) is 18.2 Å². The summed E-state index contributed by atoms with van der Waals surface area (Å²) in [6.45, 7) is 0.319. The molecule has 1 atom stereocenters. The van der Waals surface area contributed by atoms with Gasteiger partial charge in [0.05, 0.1) is 13.0 Å². The van der Waals surface area contributed by atoms with E-state index in [1.54, 1.807) is 60.5 Å². The number of nitrogens with zero attached hydrogens (tertiary/aromatic N) is 1. The lowest BCUT2D eigenvalue weighted by Crippen LogP contribution is -2.28. The maximum Gasteiger partial charge on any atom is 0.336 e. The van der Waals surface area contributed by atoms with Gasteiger partial charge in [0, 0.05) is 35.8 Å². The van der Waals surface area contributed by atoms with Crippen LogP contribution in [0.2, 0.25) is 0 Å². The molecule has 1 N–H and O–H groups in total. The molecule has 0 spiro atoms. The van der Waals surface area contributed by atoms with Crippen molar-refractivity contribution in [3.8, 4) is 5.75 Å². The van der Waals surface area contributed by atoms with Gasteiger partial charge in [0.15, 0.2) is 0 Å². The van der Waals surface area contributed by atoms with Crippen LogP contribution in [0.25, 0.3) is 11.0 Å². The van der Waals surface area contributed by atoms with Gasteiger partial charge in [-0.25, -0.2) is 4.79 Å². The molecule has 2 heterocycles. The minimum absolute atomic E-state index is 0.0920. The Labute approximate surface area is 160 Å². The van der Waals surface area contributed by atoms with Crippen molar-refractivity contribution >= 4 is 34.2 Å². The quantitative estimate of drug-likeness (QED) is 0.705. The molecule has 3 aromatic rings. The minimum Gasteiger partial charge on any atom is -0.497 e. The first-order chi connectivity index (χ1) is 13.5. The topological polar surface area (TPSA) is 88.8 Å². The summed E-state index contributed by atoms with van der Waals surface area (Å²) in [5.41, 5.74) is 1.35. The van der Waals surface area contributed by atoms with Gasteiger partial charge in [0.2, 0.25) is 11.8 Å². The lowest BCUT2D eigenvalue weighted by Gasteiger charge is -2.17. The van der Waals surface area contributed by atoms with Gasteiger partial charge in [-0.15, -0.1) is 0 Å². The van der Waals surface area contributed by atoms with Crippen molar-refractivity contribution < 1.29 is 18.7 Å². The zero-order chi connectivity index (χ0) is 19.7. The largest absolute Gasteiger partial charge is 0.497 e. The Morgan fingerprint density at radius 1 is 1.11 bits per heavy atom. The fourth-order valence-corrected chi connectivity index (χ4v) is 3.29. The molecule has 7 heteroatoms. The fourth-order valence-electron chi connectivity index (χ4n) is 3.29. The summed E-state index contributed by atoms with van der Waals surface area (Å²) >= 11 is 0. The molecule has 28 heavy (non-hydrogen) atoms. The van der Waals surface area contributed by atoms with E-state index < -0.39 is 11.5 Å². The number of anilines is 2. The molecule has 1 fully saturated rings. The standard InChI is InChI=1S/C21H18N2O5/c1-27-17-6-4-16(5-7-17)23-12-14(11-19(23)24)21(26)22-15-3-8-18-13(10-15)2-9-20(25)28-18/h2-10,14H,11-12H2,1H3,(H,22,26). The average molecular weight is 378 g/mol. The van der Waals surface area contributed by atoms with Gasteiger partial charge in [-0.1, -0.05) is 0 Å². The second-order valence-corrected chi connectivity index (χ2v) is 6.60. The van der Waals surface area contributed by atoms with Gasteiger partial charge in [-0.2, -0.15) is 0 Å². The second kappa shape index (κ2) is 7.19. The molecule has 0 aliphatic carbocycles. The summed E-state index contributed by atoms with van der Waals surface area (Å²) in [6.07, 6.45) is 0.153. The molecule has 2 aromatic carbocycles. The molecule has 4 rings (SSSR count). The predicted molar refractivity (Wildman–Crippen MR) is 105 cm³/mol. The maximum absolute atomic E-state index is 12.6. The van der Waals surface area contributed by atoms with E-state index in [4.69, 9.17) is 9.15 Å². The highest BCUT2D eigenvalue weighted by Crippen LogP contribution is 2.28. The number of carbonyl (C=O) groups excluding carboxylic acids is 2. The molecule has 0 bridgehead atoms. The van der Waals surface area contributed by atoms with Gasteiger partial charge < -0.3 is 19.4 Å². The van der Waals surface area contributed by atoms with Crippen molar-refractivity contribution in [2.24, 2.45) is 5.92 Å². The molecule has 1 aliphatic heterocycles. The van der Waals surface area contributed by atoms with Gasteiger partial charge in [0.1, 0.15) is 11.3 Å². The van der Waals surface area contributed by atoms with Crippen molar-refractivity contribution in [2.75, 3.05) is 23.9 Å². The van der Waals surface area contributed by atoms with Crippen LogP contribution in [0.3, 0.4) is 0 Å². The number of nitrogens with one attached hydrogen (secondary N) is 1. The average Bonchev–Trinajstić information content (AvgIpc) is 3.10. The number of methoxy groups -OCH3 is 1. The molecular weight excluding hydrogens is 360 g/mol. The van der Waals surface area contributed by atoms with Crippen LogP contribution < -0.4 is 20.6 Å². The summed E-state index contributed by atoms with van der Waals surface area (Å²) in [4.78, 5) is 37.9. The van der Waals surface area contributed by atoms with E-state index in [0.717, 1.165) is 5.69 Å². The number of amides is 2. The lowest BCUT2D eigenvalue weighted by atomic mass is 10.1. The molecule has 1 aromatic heterocycles. The highest BCUT2D eigenvalue weighted by molar-refractivity contribution is 6.04. The smallest absolute Gasteiger partial charge is 0.336 e. The normalized spacial score (nSPS) is 16.4. The van der Waals surface area contributed by atoms with Crippen LogP contribution in [0.1, 0.15) is 6.42 Å². The van der Waals surface area contributed by atoms with Crippen molar-refractivity contribution in [1.29, 1.82) is 0 Å². The van der Waals surface area contributed by atoms with Gasteiger partial charge >= 0.3 is 5.63 Å². The number of hydrogen-bond acceptors (Lipinski definition) is 5. The summed E-state index contributed by atoms with van der Waals surface area (Å²) < 4.78 is 10.2. The predicted octanol–water partition coefficient (Wildman–Crippen LogP) is 2.79. The third-order valence-electron chi connectivity index (χ3n) is 4.77. The van der Waals surface area contributed by atoms with Gasteiger partial charge in [-0.3, -0.25) is 9.59 Å². The Bertz CT molecular complexity index is 1100. The minimum atomic E-state index is -0.445. The summed E-state index contributed by atoms with van der Waals surface area (Å²) in [5, 5.41) is 3.55. The van der Waals surface area contributed by atoms with Gasteiger partial charge in [0.25, 0.3) is 0 Å². The zero-order valence-electron chi connectivity index (χ0n) is 15.2. The van der Waals surface area contributed by atoms with Crippen molar-refractivity contribution in [1.82, 2.24) is 0 Å². The Morgan fingerprint density at radius 3 is 2.64 bits per heavy atom.